The number of amides is 1. The van der Waals surface area contributed by atoms with Crippen LogP contribution in [0.3, 0.4) is 0 Å². The van der Waals surface area contributed by atoms with Crippen molar-refractivity contribution < 1.29 is 9.18 Å². The number of carbonyl (C=O) groups is 1. The molecular weight excluding hydrogens is 343 g/mol. The van der Waals surface area contributed by atoms with Crippen LogP contribution in [0.15, 0.2) is 55.0 Å². The molecule has 1 N–H and O–H groups in total. The first kappa shape index (κ1) is 17.5. The van der Waals surface area contributed by atoms with Gasteiger partial charge in [-0.3, -0.25) is 4.79 Å². The second-order valence-electron chi connectivity index (χ2n) is 7.02. The quantitative estimate of drug-likeness (QED) is 0.702. The SMILES string of the molecule is O=C(NC1CCCCCC1)c1cnn(-c2ccc(F)cc2)c1-n1cccc1. The third-order valence-electron chi connectivity index (χ3n) is 5.10. The molecule has 140 valence electrons. The molecule has 1 aromatic carbocycles. The van der Waals surface area contributed by atoms with E-state index in [0.29, 0.717) is 17.1 Å². The number of carbonyl (C=O) groups excluding carboxylic acids is 1. The Morgan fingerprint density at radius 3 is 2.37 bits per heavy atom. The highest BCUT2D eigenvalue weighted by Crippen LogP contribution is 2.22. The third kappa shape index (κ3) is 3.79. The standard InChI is InChI=1S/C21H23FN4O/c22-16-9-11-18(12-10-16)26-21(25-13-5-6-14-25)19(15-23-26)20(27)24-17-7-3-1-2-4-8-17/h5-6,9-15,17H,1-4,7-8H2,(H,24,27). The Balaban J connectivity index is 1.68. The monoisotopic (exact) mass is 366 g/mol. The van der Waals surface area contributed by atoms with Crippen molar-refractivity contribution in [3.63, 3.8) is 0 Å². The van der Waals surface area contributed by atoms with Gasteiger partial charge in [0.05, 0.1) is 11.9 Å². The van der Waals surface area contributed by atoms with Crippen LogP contribution in [0.2, 0.25) is 0 Å². The van der Waals surface area contributed by atoms with E-state index in [2.05, 4.69) is 10.4 Å². The molecule has 6 heteroatoms. The van der Waals surface area contributed by atoms with Crippen LogP contribution in [0.25, 0.3) is 11.5 Å². The summed E-state index contributed by atoms with van der Waals surface area (Å²) in [7, 11) is 0. The lowest BCUT2D eigenvalue weighted by molar-refractivity contribution is 0.0933. The number of benzene rings is 1. The van der Waals surface area contributed by atoms with E-state index in [-0.39, 0.29) is 17.8 Å². The van der Waals surface area contributed by atoms with Gasteiger partial charge in [-0.1, -0.05) is 25.7 Å². The number of halogens is 1. The Morgan fingerprint density at radius 2 is 1.70 bits per heavy atom. The van der Waals surface area contributed by atoms with Gasteiger partial charge in [-0.05, 0) is 49.2 Å². The van der Waals surface area contributed by atoms with Gasteiger partial charge in [-0.25, -0.2) is 9.07 Å². The van der Waals surface area contributed by atoms with Gasteiger partial charge in [0.2, 0.25) is 0 Å². The molecule has 0 spiro atoms. The summed E-state index contributed by atoms with van der Waals surface area (Å²) in [6, 6.07) is 10.1. The lowest BCUT2D eigenvalue weighted by atomic mass is 10.1. The van der Waals surface area contributed by atoms with E-state index < -0.39 is 0 Å². The number of hydrogen-bond acceptors (Lipinski definition) is 2. The van der Waals surface area contributed by atoms with Crippen molar-refractivity contribution >= 4 is 5.91 Å². The zero-order valence-corrected chi connectivity index (χ0v) is 15.1. The minimum absolute atomic E-state index is 0.112. The molecule has 1 aliphatic rings. The van der Waals surface area contributed by atoms with E-state index >= 15 is 0 Å². The van der Waals surface area contributed by atoms with E-state index in [1.54, 1.807) is 23.0 Å². The van der Waals surface area contributed by atoms with Crippen LogP contribution in [-0.2, 0) is 0 Å². The highest BCUT2D eigenvalue weighted by Gasteiger charge is 2.22. The summed E-state index contributed by atoms with van der Waals surface area (Å²) in [5.74, 6) is 0.233. The third-order valence-corrected chi connectivity index (χ3v) is 5.10. The molecule has 1 fully saturated rings. The van der Waals surface area contributed by atoms with E-state index in [0.717, 1.165) is 25.7 Å². The maximum Gasteiger partial charge on any atom is 0.256 e. The lowest BCUT2D eigenvalue weighted by Crippen LogP contribution is -2.34. The van der Waals surface area contributed by atoms with Crippen molar-refractivity contribution in [2.75, 3.05) is 0 Å². The maximum atomic E-state index is 13.3. The second-order valence-corrected chi connectivity index (χ2v) is 7.02. The smallest absolute Gasteiger partial charge is 0.256 e. The second kappa shape index (κ2) is 7.78. The largest absolute Gasteiger partial charge is 0.349 e. The van der Waals surface area contributed by atoms with Gasteiger partial charge in [0.1, 0.15) is 11.4 Å². The molecule has 0 unspecified atom stereocenters. The average molecular weight is 366 g/mol. The van der Waals surface area contributed by atoms with E-state index in [4.69, 9.17) is 0 Å². The molecule has 0 saturated heterocycles. The van der Waals surface area contributed by atoms with Crippen LogP contribution in [0, 0.1) is 5.82 Å². The van der Waals surface area contributed by atoms with E-state index in [1.165, 1.54) is 25.0 Å². The van der Waals surface area contributed by atoms with Gasteiger partial charge in [-0.2, -0.15) is 5.10 Å². The molecule has 2 heterocycles. The van der Waals surface area contributed by atoms with Crippen molar-refractivity contribution in [3.8, 4) is 11.5 Å². The van der Waals surface area contributed by atoms with Crippen LogP contribution in [0.4, 0.5) is 4.39 Å². The fourth-order valence-electron chi connectivity index (χ4n) is 3.68. The van der Waals surface area contributed by atoms with Gasteiger partial charge in [0, 0.05) is 18.4 Å². The topological polar surface area (TPSA) is 51.9 Å². The number of nitrogens with one attached hydrogen (secondary N) is 1. The summed E-state index contributed by atoms with van der Waals surface area (Å²) in [6.07, 6.45) is 12.2. The molecule has 5 nitrogen and oxygen atoms in total. The number of aromatic nitrogens is 3. The minimum atomic E-state index is -0.306. The molecule has 0 atom stereocenters. The lowest BCUT2D eigenvalue weighted by Gasteiger charge is -2.17. The molecule has 0 bridgehead atoms. The maximum absolute atomic E-state index is 13.3. The van der Waals surface area contributed by atoms with Gasteiger partial charge in [0.25, 0.3) is 5.91 Å². The molecule has 0 radical (unpaired) electrons. The number of nitrogens with zero attached hydrogens (tertiary/aromatic N) is 3. The summed E-state index contributed by atoms with van der Waals surface area (Å²) in [4.78, 5) is 13.0. The predicted molar refractivity (Wildman–Crippen MR) is 102 cm³/mol. The van der Waals surface area contributed by atoms with Crippen LogP contribution in [0.5, 0.6) is 0 Å². The fourth-order valence-corrected chi connectivity index (χ4v) is 3.68. The number of hydrogen-bond donors (Lipinski definition) is 1. The Kier molecular flexibility index (Phi) is 5.05. The van der Waals surface area contributed by atoms with Crippen LogP contribution >= 0.6 is 0 Å². The average Bonchev–Trinajstić information content (AvgIpc) is 3.28. The van der Waals surface area contributed by atoms with Crippen molar-refractivity contribution in [1.29, 1.82) is 0 Å². The van der Waals surface area contributed by atoms with Crippen molar-refractivity contribution in [1.82, 2.24) is 19.7 Å². The normalized spacial score (nSPS) is 15.4. The fraction of sp³-hybridized carbons (Fsp3) is 0.333. The molecular formula is C21H23FN4O. The summed E-state index contributed by atoms with van der Waals surface area (Å²) in [5.41, 5.74) is 1.22. The Morgan fingerprint density at radius 1 is 1.04 bits per heavy atom. The molecule has 1 saturated carbocycles. The molecule has 2 aromatic heterocycles. The van der Waals surface area contributed by atoms with Crippen LogP contribution in [0.1, 0.15) is 48.9 Å². The highest BCUT2D eigenvalue weighted by atomic mass is 19.1. The van der Waals surface area contributed by atoms with E-state index in [9.17, 15) is 9.18 Å². The summed E-state index contributed by atoms with van der Waals surface area (Å²) < 4.78 is 16.8. The van der Waals surface area contributed by atoms with Gasteiger partial charge in [0.15, 0.2) is 5.82 Å². The van der Waals surface area contributed by atoms with Gasteiger partial charge in [-0.15, -0.1) is 0 Å². The zero-order valence-electron chi connectivity index (χ0n) is 15.1. The molecule has 0 aliphatic heterocycles. The number of rotatable bonds is 4. The van der Waals surface area contributed by atoms with Crippen LogP contribution < -0.4 is 5.32 Å². The van der Waals surface area contributed by atoms with Crippen molar-refractivity contribution in [2.45, 2.75) is 44.6 Å². The van der Waals surface area contributed by atoms with Crippen molar-refractivity contribution in [2.24, 2.45) is 0 Å². The van der Waals surface area contributed by atoms with Crippen molar-refractivity contribution in [3.05, 3.63) is 66.4 Å². The first-order chi connectivity index (χ1) is 13.2. The minimum Gasteiger partial charge on any atom is -0.349 e. The molecule has 1 amide bonds. The van der Waals surface area contributed by atoms with Crippen LogP contribution in [-0.4, -0.2) is 26.3 Å². The first-order valence-corrected chi connectivity index (χ1v) is 9.50. The zero-order chi connectivity index (χ0) is 18.6. The van der Waals surface area contributed by atoms with Gasteiger partial charge < -0.3 is 9.88 Å². The summed E-state index contributed by atoms with van der Waals surface area (Å²) in [6.45, 7) is 0. The highest BCUT2D eigenvalue weighted by molar-refractivity contribution is 5.97. The molecule has 3 aromatic rings. The molecule has 27 heavy (non-hydrogen) atoms. The summed E-state index contributed by atoms with van der Waals surface area (Å²) >= 11 is 0. The first-order valence-electron chi connectivity index (χ1n) is 9.50. The van der Waals surface area contributed by atoms with E-state index in [1.807, 2.05) is 29.1 Å². The Labute approximate surface area is 157 Å². The Hall–Kier alpha value is -2.89. The Bertz CT molecular complexity index is 891. The molecule has 4 rings (SSSR count). The predicted octanol–water partition coefficient (Wildman–Crippen LogP) is 4.25. The van der Waals surface area contributed by atoms with Gasteiger partial charge >= 0.3 is 0 Å². The molecule has 1 aliphatic carbocycles. The summed E-state index contributed by atoms with van der Waals surface area (Å²) in [5, 5.41) is 7.60.